The van der Waals surface area contributed by atoms with Crippen molar-refractivity contribution in [2.45, 2.75) is 6.92 Å². The van der Waals surface area contributed by atoms with Crippen molar-refractivity contribution in [3.05, 3.63) is 74.9 Å². The van der Waals surface area contributed by atoms with Crippen molar-refractivity contribution >= 4 is 44.5 Å². The van der Waals surface area contributed by atoms with Crippen LogP contribution in [0.25, 0.3) is 15.9 Å². The Bertz CT molecular complexity index is 1190. The fourth-order valence-corrected chi connectivity index (χ4v) is 3.63. The standard InChI is InChI=1S/C18H12ClFN4OS/c1-10-14(17(25)24(23-10)13-5-3-12(20)4-6-13)9-21-18-22-15-7-2-11(19)8-16(15)26-18/h2-9,23H,1H3. The van der Waals surface area contributed by atoms with Crippen LogP contribution in [0, 0.1) is 12.7 Å². The number of rotatable bonds is 3. The maximum Gasteiger partial charge on any atom is 0.280 e. The average molecular weight is 387 g/mol. The highest BCUT2D eigenvalue weighted by molar-refractivity contribution is 7.22. The van der Waals surface area contributed by atoms with Gasteiger partial charge in [0.1, 0.15) is 5.82 Å². The van der Waals surface area contributed by atoms with Crippen LogP contribution in [0.5, 0.6) is 0 Å². The summed E-state index contributed by atoms with van der Waals surface area (Å²) in [5, 5.41) is 4.15. The summed E-state index contributed by atoms with van der Waals surface area (Å²) in [5.41, 5.74) is 2.18. The number of hydrogen-bond donors (Lipinski definition) is 1. The molecule has 2 aromatic carbocycles. The number of fused-ring (bicyclic) bond motifs is 1. The lowest BCUT2D eigenvalue weighted by atomic mass is 10.3. The summed E-state index contributed by atoms with van der Waals surface area (Å²) in [4.78, 5) is 21.4. The van der Waals surface area contributed by atoms with Gasteiger partial charge in [0, 0.05) is 16.9 Å². The average Bonchev–Trinajstić information content (AvgIpc) is 3.14. The molecule has 0 bridgehead atoms. The van der Waals surface area contributed by atoms with E-state index in [4.69, 9.17) is 11.6 Å². The van der Waals surface area contributed by atoms with Crippen LogP contribution < -0.4 is 5.56 Å². The Hall–Kier alpha value is -2.77. The van der Waals surface area contributed by atoms with Crippen LogP contribution in [0.4, 0.5) is 9.52 Å². The molecule has 0 aliphatic rings. The summed E-state index contributed by atoms with van der Waals surface area (Å²) in [6, 6.07) is 11.1. The number of benzene rings is 2. The third-order valence-electron chi connectivity index (χ3n) is 3.85. The fraction of sp³-hybridized carbons (Fsp3) is 0.0556. The van der Waals surface area contributed by atoms with Crippen molar-refractivity contribution in [1.29, 1.82) is 0 Å². The number of thiazole rings is 1. The maximum absolute atomic E-state index is 13.1. The monoisotopic (exact) mass is 386 g/mol. The third-order valence-corrected chi connectivity index (χ3v) is 5.01. The maximum atomic E-state index is 13.1. The van der Waals surface area contributed by atoms with E-state index in [1.165, 1.54) is 46.5 Å². The summed E-state index contributed by atoms with van der Waals surface area (Å²) < 4.78 is 15.4. The minimum Gasteiger partial charge on any atom is -0.295 e. The van der Waals surface area contributed by atoms with E-state index >= 15 is 0 Å². The van der Waals surface area contributed by atoms with E-state index in [1.807, 2.05) is 12.1 Å². The molecule has 0 aliphatic carbocycles. The molecule has 0 saturated heterocycles. The molecule has 0 saturated carbocycles. The second-order valence-corrected chi connectivity index (χ2v) is 7.08. The molecule has 2 aromatic heterocycles. The Balaban J connectivity index is 1.70. The van der Waals surface area contributed by atoms with E-state index in [1.54, 1.807) is 13.0 Å². The fourth-order valence-electron chi connectivity index (χ4n) is 2.54. The zero-order valence-corrected chi connectivity index (χ0v) is 15.1. The van der Waals surface area contributed by atoms with E-state index < -0.39 is 0 Å². The minimum absolute atomic E-state index is 0.262. The van der Waals surface area contributed by atoms with Crippen LogP contribution >= 0.6 is 22.9 Å². The zero-order chi connectivity index (χ0) is 18.3. The molecule has 0 spiro atoms. The molecule has 5 nitrogen and oxygen atoms in total. The van der Waals surface area contributed by atoms with Gasteiger partial charge in [-0.2, -0.15) is 0 Å². The van der Waals surface area contributed by atoms with Crippen molar-refractivity contribution in [3.63, 3.8) is 0 Å². The summed E-state index contributed by atoms with van der Waals surface area (Å²) >= 11 is 7.37. The number of aromatic amines is 1. The van der Waals surface area contributed by atoms with Crippen LogP contribution in [0.1, 0.15) is 11.3 Å². The molecular formula is C18H12ClFN4OS. The normalized spacial score (nSPS) is 11.7. The van der Waals surface area contributed by atoms with Crippen LogP contribution in [0.3, 0.4) is 0 Å². The van der Waals surface area contributed by atoms with Crippen molar-refractivity contribution < 1.29 is 4.39 Å². The Morgan fingerprint density at radius 3 is 2.81 bits per heavy atom. The van der Waals surface area contributed by atoms with Gasteiger partial charge in [-0.05, 0) is 49.4 Å². The van der Waals surface area contributed by atoms with Gasteiger partial charge in [0.25, 0.3) is 5.56 Å². The summed E-state index contributed by atoms with van der Waals surface area (Å²) in [6.45, 7) is 1.78. The van der Waals surface area contributed by atoms with Gasteiger partial charge in [-0.3, -0.25) is 9.89 Å². The van der Waals surface area contributed by atoms with E-state index in [-0.39, 0.29) is 11.4 Å². The van der Waals surface area contributed by atoms with Gasteiger partial charge in [-0.1, -0.05) is 22.9 Å². The quantitative estimate of drug-likeness (QED) is 0.522. The van der Waals surface area contributed by atoms with Gasteiger partial charge < -0.3 is 0 Å². The zero-order valence-electron chi connectivity index (χ0n) is 13.5. The van der Waals surface area contributed by atoms with Crippen LogP contribution in [0.15, 0.2) is 52.3 Å². The van der Waals surface area contributed by atoms with Crippen molar-refractivity contribution in [3.8, 4) is 5.69 Å². The molecule has 0 unspecified atom stereocenters. The van der Waals surface area contributed by atoms with E-state index in [0.717, 1.165) is 10.2 Å². The second-order valence-electron chi connectivity index (χ2n) is 5.63. The molecule has 4 aromatic rings. The number of nitrogens with one attached hydrogen (secondary N) is 1. The molecule has 0 radical (unpaired) electrons. The van der Waals surface area contributed by atoms with Gasteiger partial charge in [-0.15, -0.1) is 0 Å². The second kappa shape index (κ2) is 6.51. The van der Waals surface area contributed by atoms with Gasteiger partial charge in [0.15, 0.2) is 0 Å². The van der Waals surface area contributed by atoms with E-state index in [2.05, 4.69) is 15.1 Å². The Labute approximate surface area is 156 Å². The first-order valence-corrected chi connectivity index (χ1v) is 8.88. The van der Waals surface area contributed by atoms with Crippen LogP contribution in [-0.4, -0.2) is 21.0 Å². The van der Waals surface area contributed by atoms with Crippen LogP contribution in [-0.2, 0) is 0 Å². The number of aromatic nitrogens is 3. The molecule has 26 heavy (non-hydrogen) atoms. The molecule has 130 valence electrons. The molecule has 0 atom stereocenters. The number of nitrogens with zero attached hydrogens (tertiary/aromatic N) is 3. The molecule has 8 heteroatoms. The lowest BCUT2D eigenvalue weighted by Gasteiger charge is -2.00. The lowest BCUT2D eigenvalue weighted by Crippen LogP contribution is -2.17. The van der Waals surface area contributed by atoms with E-state index in [0.29, 0.717) is 27.1 Å². The molecule has 1 N–H and O–H groups in total. The summed E-state index contributed by atoms with van der Waals surface area (Å²) in [6.07, 6.45) is 1.49. The van der Waals surface area contributed by atoms with Gasteiger partial charge in [0.05, 0.1) is 21.5 Å². The molecule has 0 amide bonds. The third kappa shape index (κ3) is 3.07. The lowest BCUT2D eigenvalue weighted by molar-refractivity contribution is 0.627. The minimum atomic E-state index is -0.359. The number of H-pyrrole nitrogens is 1. The first-order valence-electron chi connectivity index (χ1n) is 7.69. The van der Waals surface area contributed by atoms with Gasteiger partial charge >= 0.3 is 0 Å². The summed E-state index contributed by atoms with van der Waals surface area (Å²) in [5.74, 6) is -0.359. The SMILES string of the molecule is Cc1[nH]n(-c2ccc(F)cc2)c(=O)c1C=Nc1nc2ccc(Cl)cc2s1. The number of halogens is 2. The first-order chi connectivity index (χ1) is 12.5. The molecule has 0 aliphatic heterocycles. The predicted octanol–water partition coefficient (Wildman–Crippen LogP) is 4.63. The highest BCUT2D eigenvalue weighted by Gasteiger charge is 2.11. The van der Waals surface area contributed by atoms with Crippen molar-refractivity contribution in [2.24, 2.45) is 4.99 Å². The Kier molecular flexibility index (Phi) is 4.18. The number of aliphatic imine (C=N–C) groups is 1. The largest absolute Gasteiger partial charge is 0.295 e. The van der Waals surface area contributed by atoms with Crippen molar-refractivity contribution in [1.82, 2.24) is 14.8 Å². The van der Waals surface area contributed by atoms with Crippen molar-refractivity contribution in [2.75, 3.05) is 0 Å². The summed E-state index contributed by atoms with van der Waals surface area (Å²) in [7, 11) is 0. The molecular weight excluding hydrogens is 375 g/mol. The van der Waals surface area contributed by atoms with Crippen LogP contribution in [0.2, 0.25) is 5.02 Å². The van der Waals surface area contributed by atoms with E-state index in [9.17, 15) is 9.18 Å². The Morgan fingerprint density at radius 2 is 2.04 bits per heavy atom. The Morgan fingerprint density at radius 1 is 1.27 bits per heavy atom. The molecule has 4 rings (SSSR count). The predicted molar refractivity (Wildman–Crippen MR) is 103 cm³/mol. The molecule has 0 fully saturated rings. The first kappa shape index (κ1) is 16.7. The van der Waals surface area contributed by atoms with Gasteiger partial charge in [0.2, 0.25) is 5.13 Å². The smallest absolute Gasteiger partial charge is 0.280 e. The van der Waals surface area contributed by atoms with Gasteiger partial charge in [-0.25, -0.2) is 19.0 Å². The topological polar surface area (TPSA) is 63.0 Å². The highest BCUT2D eigenvalue weighted by atomic mass is 35.5. The number of aryl methyl sites for hydroxylation is 1. The number of hydrogen-bond acceptors (Lipinski definition) is 4. The highest BCUT2D eigenvalue weighted by Crippen LogP contribution is 2.29. The molecule has 2 heterocycles.